The van der Waals surface area contributed by atoms with E-state index < -0.39 is 23.2 Å². The summed E-state index contributed by atoms with van der Waals surface area (Å²) in [6.45, 7) is 9.24. The molecule has 4 rings (SSSR count). The van der Waals surface area contributed by atoms with E-state index >= 15 is 0 Å². The first-order chi connectivity index (χ1) is 15.0. The van der Waals surface area contributed by atoms with Crippen LogP contribution in [0.5, 0.6) is 0 Å². The molecule has 0 bridgehead atoms. The van der Waals surface area contributed by atoms with Gasteiger partial charge in [-0.2, -0.15) is 0 Å². The predicted molar refractivity (Wildman–Crippen MR) is 125 cm³/mol. The largest absolute Gasteiger partial charge is 0.396 e. The zero-order valence-corrected chi connectivity index (χ0v) is 20.7. The minimum Gasteiger partial charge on any atom is -0.396 e. The molecular formula is C27H48O5. The highest BCUT2D eigenvalue weighted by atomic mass is 16.3. The Labute approximate surface area is 194 Å². The van der Waals surface area contributed by atoms with Crippen LogP contribution in [0.3, 0.4) is 0 Å². The molecule has 0 spiro atoms. The molecule has 0 saturated heterocycles. The molecule has 5 nitrogen and oxygen atoms in total. The van der Waals surface area contributed by atoms with E-state index in [0.717, 1.165) is 44.9 Å². The van der Waals surface area contributed by atoms with Gasteiger partial charge in [0.05, 0.1) is 23.9 Å². The number of rotatable bonds is 6. The Morgan fingerprint density at radius 3 is 2.38 bits per heavy atom. The van der Waals surface area contributed by atoms with Crippen molar-refractivity contribution in [2.24, 2.45) is 46.3 Å². The molecule has 0 radical (unpaired) electrons. The highest BCUT2D eigenvalue weighted by Crippen LogP contribution is 2.69. The van der Waals surface area contributed by atoms with Gasteiger partial charge in [0.25, 0.3) is 0 Å². The van der Waals surface area contributed by atoms with Crippen molar-refractivity contribution in [3.05, 3.63) is 0 Å². The maximum Gasteiger partial charge on any atom is 0.0985 e. The molecule has 4 fully saturated rings. The molecular weight excluding hydrogens is 404 g/mol. The molecule has 32 heavy (non-hydrogen) atoms. The Kier molecular flexibility index (Phi) is 6.84. The van der Waals surface area contributed by atoms with Crippen molar-refractivity contribution >= 4 is 0 Å². The van der Waals surface area contributed by atoms with Crippen LogP contribution in [0.2, 0.25) is 0 Å². The van der Waals surface area contributed by atoms with Crippen LogP contribution < -0.4 is 0 Å². The van der Waals surface area contributed by atoms with Gasteiger partial charge >= 0.3 is 0 Å². The van der Waals surface area contributed by atoms with Crippen LogP contribution in [0.1, 0.15) is 91.9 Å². The second-order valence-corrected chi connectivity index (χ2v) is 12.9. The van der Waals surface area contributed by atoms with Crippen LogP contribution in [0, 0.1) is 46.3 Å². The van der Waals surface area contributed by atoms with Gasteiger partial charge in [-0.15, -0.1) is 0 Å². The van der Waals surface area contributed by atoms with E-state index in [0.29, 0.717) is 30.6 Å². The predicted octanol–water partition coefficient (Wildman–Crippen LogP) is 3.50. The Morgan fingerprint density at radius 1 is 0.969 bits per heavy atom. The standard InChI is InChI=1S/C27H48O5/c1-16(15-28)6-5-7-17(2)21-13-22(30)24-19-12-23(31)27(32)14-18(29)8-11-26(27,4)20(19)9-10-25(21,24)3/h16-24,28-32H,5-15H2,1-4H3/t16-,17+,18-,19+,20-,21+,22-,23+,24-,25+,26+,27-/m0/s1. The van der Waals surface area contributed by atoms with Gasteiger partial charge in [-0.05, 0) is 85.9 Å². The zero-order valence-electron chi connectivity index (χ0n) is 20.7. The van der Waals surface area contributed by atoms with Crippen LogP contribution in [0.15, 0.2) is 0 Å². The monoisotopic (exact) mass is 452 g/mol. The lowest BCUT2D eigenvalue weighted by Gasteiger charge is -2.65. The molecule has 0 heterocycles. The van der Waals surface area contributed by atoms with Gasteiger partial charge in [-0.25, -0.2) is 0 Å². The summed E-state index contributed by atoms with van der Waals surface area (Å²) in [7, 11) is 0. The summed E-state index contributed by atoms with van der Waals surface area (Å²) < 4.78 is 0. The van der Waals surface area contributed by atoms with Gasteiger partial charge < -0.3 is 25.5 Å². The summed E-state index contributed by atoms with van der Waals surface area (Å²) in [5.41, 5.74) is -1.55. The molecule has 0 aromatic carbocycles. The van der Waals surface area contributed by atoms with E-state index in [-0.39, 0.29) is 42.3 Å². The summed E-state index contributed by atoms with van der Waals surface area (Å²) in [5.74, 6) is 2.06. The van der Waals surface area contributed by atoms with Crippen LogP contribution in [0.25, 0.3) is 0 Å². The lowest BCUT2D eigenvalue weighted by atomic mass is 9.42. The molecule has 4 aliphatic carbocycles. The molecule has 0 aromatic heterocycles. The fourth-order valence-electron chi connectivity index (χ4n) is 9.34. The fraction of sp³-hybridized carbons (Fsp3) is 1.00. The molecule has 4 saturated carbocycles. The van der Waals surface area contributed by atoms with Gasteiger partial charge in [0.2, 0.25) is 0 Å². The van der Waals surface area contributed by atoms with Crippen molar-refractivity contribution in [1.29, 1.82) is 0 Å². The topological polar surface area (TPSA) is 101 Å². The van der Waals surface area contributed by atoms with E-state index in [4.69, 9.17) is 0 Å². The SMILES string of the molecule is C[C@H](CO)CCC[C@@H](C)[C@H]1C[C@H](O)[C@@H]2[C@@H]3C[C@@H](O)[C@@]4(O)C[C@@H](O)CC[C@]4(C)[C@H]3CC[C@@]21C. The highest BCUT2D eigenvalue weighted by Gasteiger charge is 2.68. The number of aliphatic hydroxyl groups excluding tert-OH is 4. The number of aliphatic hydroxyl groups is 5. The molecule has 186 valence electrons. The van der Waals surface area contributed by atoms with Crippen LogP contribution in [0.4, 0.5) is 0 Å². The van der Waals surface area contributed by atoms with Gasteiger partial charge in [0.1, 0.15) is 0 Å². The number of hydrogen-bond acceptors (Lipinski definition) is 5. The highest BCUT2D eigenvalue weighted by molar-refractivity contribution is 5.18. The number of hydrogen-bond donors (Lipinski definition) is 5. The molecule has 5 heteroatoms. The Bertz CT molecular complexity index is 670. The third kappa shape index (κ3) is 3.69. The van der Waals surface area contributed by atoms with E-state index in [1.54, 1.807) is 0 Å². The second kappa shape index (κ2) is 8.78. The molecule has 12 atom stereocenters. The van der Waals surface area contributed by atoms with E-state index in [1.807, 2.05) is 0 Å². The minimum atomic E-state index is -1.22. The number of fused-ring (bicyclic) bond motifs is 5. The Hall–Kier alpha value is -0.200. The summed E-state index contributed by atoms with van der Waals surface area (Å²) in [4.78, 5) is 0. The van der Waals surface area contributed by atoms with Crippen LogP contribution >= 0.6 is 0 Å². The van der Waals surface area contributed by atoms with Gasteiger partial charge in [0.15, 0.2) is 0 Å². The summed E-state index contributed by atoms with van der Waals surface area (Å²) in [5, 5.41) is 53.7. The first-order valence-electron chi connectivity index (χ1n) is 13.4. The lowest BCUT2D eigenvalue weighted by Crippen LogP contribution is -2.69. The molecule has 0 aromatic rings. The average molecular weight is 453 g/mol. The maximum atomic E-state index is 11.6. The van der Waals surface area contributed by atoms with Crippen molar-refractivity contribution in [2.75, 3.05) is 6.61 Å². The second-order valence-electron chi connectivity index (χ2n) is 12.9. The first kappa shape index (κ1) is 24.9. The van der Waals surface area contributed by atoms with E-state index in [2.05, 4.69) is 27.7 Å². The summed E-state index contributed by atoms with van der Waals surface area (Å²) in [6, 6.07) is 0. The average Bonchev–Trinajstić information content (AvgIpc) is 3.01. The van der Waals surface area contributed by atoms with E-state index in [9.17, 15) is 25.5 Å². The normalized spacial score (nSPS) is 52.6. The quantitative estimate of drug-likeness (QED) is 0.425. The molecule has 5 N–H and O–H groups in total. The first-order valence-corrected chi connectivity index (χ1v) is 13.4. The van der Waals surface area contributed by atoms with Crippen molar-refractivity contribution < 1.29 is 25.5 Å². The third-order valence-electron chi connectivity index (χ3n) is 11.2. The lowest BCUT2D eigenvalue weighted by molar-refractivity contribution is -0.268. The van der Waals surface area contributed by atoms with Crippen molar-refractivity contribution in [1.82, 2.24) is 0 Å². The molecule has 0 aliphatic heterocycles. The van der Waals surface area contributed by atoms with Crippen molar-refractivity contribution in [3.63, 3.8) is 0 Å². The van der Waals surface area contributed by atoms with Gasteiger partial charge in [-0.3, -0.25) is 0 Å². The van der Waals surface area contributed by atoms with Crippen LogP contribution in [-0.2, 0) is 0 Å². The van der Waals surface area contributed by atoms with E-state index in [1.165, 1.54) is 0 Å². The smallest absolute Gasteiger partial charge is 0.0985 e. The Morgan fingerprint density at radius 2 is 1.69 bits per heavy atom. The zero-order chi connectivity index (χ0) is 23.5. The van der Waals surface area contributed by atoms with Gasteiger partial charge in [0, 0.05) is 18.4 Å². The summed E-state index contributed by atoms with van der Waals surface area (Å²) >= 11 is 0. The fourth-order valence-corrected chi connectivity index (χ4v) is 9.34. The summed E-state index contributed by atoms with van der Waals surface area (Å²) in [6.07, 6.45) is 6.78. The third-order valence-corrected chi connectivity index (χ3v) is 11.2. The van der Waals surface area contributed by atoms with Crippen molar-refractivity contribution in [2.45, 2.75) is 116 Å². The molecule has 0 unspecified atom stereocenters. The van der Waals surface area contributed by atoms with Gasteiger partial charge in [-0.1, -0.05) is 40.5 Å². The van der Waals surface area contributed by atoms with Crippen LogP contribution in [-0.4, -0.2) is 56.1 Å². The maximum absolute atomic E-state index is 11.6. The minimum absolute atomic E-state index is 0.0717. The molecule has 0 amide bonds. The molecule has 4 aliphatic rings. The van der Waals surface area contributed by atoms with Crippen molar-refractivity contribution in [3.8, 4) is 0 Å². The Balaban J connectivity index is 1.54.